The molecule has 1 fully saturated rings. The fourth-order valence-corrected chi connectivity index (χ4v) is 4.19. The van der Waals surface area contributed by atoms with Crippen LogP contribution >= 0.6 is 11.8 Å². The van der Waals surface area contributed by atoms with Gasteiger partial charge in [0.05, 0.1) is 17.0 Å². The summed E-state index contributed by atoms with van der Waals surface area (Å²) in [6.07, 6.45) is 4.49. The van der Waals surface area contributed by atoms with Gasteiger partial charge in [-0.2, -0.15) is 9.94 Å². The van der Waals surface area contributed by atoms with Gasteiger partial charge in [-0.25, -0.2) is 0 Å². The molecule has 0 aliphatic heterocycles. The van der Waals surface area contributed by atoms with Crippen molar-refractivity contribution in [2.75, 3.05) is 0 Å². The van der Waals surface area contributed by atoms with E-state index in [9.17, 15) is 10.1 Å². The number of nitrogens with zero attached hydrogens (tertiary/aromatic N) is 5. The molecule has 1 heterocycles. The Morgan fingerprint density at radius 2 is 1.89 bits per heavy atom. The SMILES string of the molecule is CC(Sc1nnnn1-c1ccc(C(C)C)cc1)C(=O)NC1(C#N)CCCCC1. The molecule has 1 N–H and O–H groups in total. The number of nitrogens with one attached hydrogen (secondary N) is 1. The van der Waals surface area contributed by atoms with Crippen LogP contribution in [0.1, 0.15) is 64.4 Å². The van der Waals surface area contributed by atoms with Gasteiger partial charge in [-0.3, -0.25) is 4.79 Å². The van der Waals surface area contributed by atoms with Gasteiger partial charge in [0.2, 0.25) is 11.1 Å². The lowest BCUT2D eigenvalue weighted by Gasteiger charge is -2.32. The van der Waals surface area contributed by atoms with Crippen molar-refractivity contribution in [1.29, 1.82) is 5.26 Å². The van der Waals surface area contributed by atoms with E-state index in [-0.39, 0.29) is 5.91 Å². The third-order valence-corrected chi connectivity index (χ3v) is 6.21. The van der Waals surface area contributed by atoms with Crippen molar-refractivity contribution in [3.8, 4) is 11.8 Å². The summed E-state index contributed by atoms with van der Waals surface area (Å²) in [6, 6.07) is 10.4. The molecule has 0 saturated heterocycles. The van der Waals surface area contributed by atoms with E-state index < -0.39 is 10.8 Å². The van der Waals surface area contributed by atoms with Crippen LogP contribution in [0.3, 0.4) is 0 Å². The van der Waals surface area contributed by atoms with E-state index in [0.29, 0.717) is 23.9 Å². The van der Waals surface area contributed by atoms with E-state index in [0.717, 1.165) is 24.9 Å². The van der Waals surface area contributed by atoms with Crippen LogP contribution in [0, 0.1) is 11.3 Å². The Kier molecular flexibility index (Phi) is 6.35. The van der Waals surface area contributed by atoms with Gasteiger partial charge < -0.3 is 5.32 Å². The zero-order chi connectivity index (χ0) is 20.1. The number of tetrazole rings is 1. The molecule has 0 bridgehead atoms. The normalized spacial score (nSPS) is 17.1. The van der Waals surface area contributed by atoms with Crippen LogP contribution in [0.15, 0.2) is 29.4 Å². The number of hydrogen-bond donors (Lipinski definition) is 1. The highest BCUT2D eigenvalue weighted by Gasteiger charge is 2.35. The maximum atomic E-state index is 12.7. The van der Waals surface area contributed by atoms with Crippen molar-refractivity contribution < 1.29 is 4.79 Å². The fourth-order valence-electron chi connectivity index (χ4n) is 3.38. The second kappa shape index (κ2) is 8.74. The van der Waals surface area contributed by atoms with Crippen molar-refractivity contribution in [2.24, 2.45) is 0 Å². The third-order valence-electron chi connectivity index (χ3n) is 5.18. The Bertz CT molecular complexity index is 848. The zero-order valence-corrected chi connectivity index (χ0v) is 17.4. The summed E-state index contributed by atoms with van der Waals surface area (Å²) in [7, 11) is 0. The third kappa shape index (κ3) is 4.53. The van der Waals surface area contributed by atoms with Gasteiger partial charge in [0.1, 0.15) is 5.54 Å². The molecule has 7 nitrogen and oxygen atoms in total. The first-order valence-corrected chi connectivity index (χ1v) is 10.6. The predicted molar refractivity (Wildman–Crippen MR) is 108 cm³/mol. The summed E-state index contributed by atoms with van der Waals surface area (Å²) in [5, 5.41) is 24.6. The summed E-state index contributed by atoms with van der Waals surface area (Å²) >= 11 is 1.29. The smallest absolute Gasteiger partial charge is 0.234 e. The number of hydrogen-bond acceptors (Lipinski definition) is 6. The lowest BCUT2D eigenvalue weighted by atomic mass is 9.83. The molecule has 1 aliphatic carbocycles. The van der Waals surface area contributed by atoms with Crippen LogP contribution in [0.2, 0.25) is 0 Å². The predicted octanol–water partition coefficient (Wildman–Crippen LogP) is 3.61. The van der Waals surface area contributed by atoms with Gasteiger partial charge in [0.25, 0.3) is 0 Å². The average molecular weight is 399 g/mol. The first-order chi connectivity index (χ1) is 13.4. The highest BCUT2D eigenvalue weighted by Crippen LogP contribution is 2.29. The van der Waals surface area contributed by atoms with E-state index in [4.69, 9.17) is 0 Å². The molecule has 1 amide bonds. The van der Waals surface area contributed by atoms with Crippen LogP contribution in [0.25, 0.3) is 5.69 Å². The molecule has 3 rings (SSSR count). The standard InChI is InChI=1S/C20H26N6OS/c1-14(2)16-7-9-17(10-8-16)26-19(23-24-25-26)28-15(3)18(27)22-20(13-21)11-5-4-6-12-20/h7-10,14-15H,4-6,11-12H2,1-3H3,(H,22,27). The molecule has 0 spiro atoms. The van der Waals surface area contributed by atoms with E-state index in [1.54, 1.807) is 4.68 Å². The van der Waals surface area contributed by atoms with Crippen molar-refractivity contribution in [2.45, 2.75) is 74.7 Å². The molecule has 8 heteroatoms. The molecule has 1 aliphatic rings. The van der Waals surface area contributed by atoms with Gasteiger partial charge >= 0.3 is 0 Å². The van der Waals surface area contributed by atoms with Crippen molar-refractivity contribution in [3.05, 3.63) is 29.8 Å². The lowest BCUT2D eigenvalue weighted by Crippen LogP contribution is -2.50. The molecular formula is C20H26N6OS. The Morgan fingerprint density at radius 3 is 2.50 bits per heavy atom. The quantitative estimate of drug-likeness (QED) is 0.747. The molecule has 0 radical (unpaired) electrons. The minimum absolute atomic E-state index is 0.154. The summed E-state index contributed by atoms with van der Waals surface area (Å²) in [6.45, 7) is 6.11. The number of carbonyl (C=O) groups is 1. The van der Waals surface area contributed by atoms with E-state index in [1.165, 1.54) is 17.3 Å². The summed E-state index contributed by atoms with van der Waals surface area (Å²) in [5.74, 6) is 0.297. The second-order valence-corrected chi connectivity index (χ2v) is 8.93. The summed E-state index contributed by atoms with van der Waals surface area (Å²) in [4.78, 5) is 12.7. The maximum absolute atomic E-state index is 12.7. The number of aromatic nitrogens is 4. The highest BCUT2D eigenvalue weighted by atomic mass is 32.2. The minimum atomic E-state index is -0.733. The fraction of sp³-hybridized carbons (Fsp3) is 0.550. The Hall–Kier alpha value is -2.40. The topological polar surface area (TPSA) is 96.5 Å². The molecule has 148 valence electrons. The second-order valence-electron chi connectivity index (χ2n) is 7.62. The molecule has 28 heavy (non-hydrogen) atoms. The zero-order valence-electron chi connectivity index (χ0n) is 16.6. The van der Waals surface area contributed by atoms with Gasteiger partial charge in [-0.15, -0.1) is 5.10 Å². The van der Waals surface area contributed by atoms with Crippen molar-refractivity contribution in [1.82, 2.24) is 25.5 Å². The molecule has 1 aromatic heterocycles. The van der Waals surface area contributed by atoms with Gasteiger partial charge in [-0.1, -0.05) is 57.0 Å². The van der Waals surface area contributed by atoms with Crippen LogP contribution < -0.4 is 5.32 Å². The number of carbonyl (C=O) groups excluding carboxylic acids is 1. The van der Waals surface area contributed by atoms with Crippen LogP contribution in [0.4, 0.5) is 0 Å². The minimum Gasteiger partial charge on any atom is -0.337 e. The monoisotopic (exact) mass is 398 g/mol. The first-order valence-electron chi connectivity index (χ1n) is 9.73. The Balaban J connectivity index is 1.69. The van der Waals surface area contributed by atoms with E-state index >= 15 is 0 Å². The van der Waals surface area contributed by atoms with Gasteiger partial charge in [-0.05, 0) is 53.8 Å². The molecule has 1 atom stereocenters. The summed E-state index contributed by atoms with van der Waals surface area (Å²) in [5.41, 5.74) is 1.36. The molecule has 1 unspecified atom stereocenters. The van der Waals surface area contributed by atoms with Crippen LogP contribution in [-0.4, -0.2) is 36.9 Å². The Morgan fingerprint density at radius 1 is 1.21 bits per heavy atom. The van der Waals surface area contributed by atoms with Crippen LogP contribution in [-0.2, 0) is 4.79 Å². The van der Waals surface area contributed by atoms with Crippen LogP contribution in [0.5, 0.6) is 0 Å². The largest absolute Gasteiger partial charge is 0.337 e. The number of amides is 1. The van der Waals surface area contributed by atoms with Gasteiger partial charge in [0, 0.05) is 0 Å². The Labute approximate surface area is 169 Å². The van der Waals surface area contributed by atoms with Crippen molar-refractivity contribution >= 4 is 17.7 Å². The van der Waals surface area contributed by atoms with E-state index in [1.807, 2.05) is 19.1 Å². The molecular weight excluding hydrogens is 372 g/mol. The first kappa shape index (κ1) is 20.3. The molecule has 1 saturated carbocycles. The highest BCUT2D eigenvalue weighted by molar-refractivity contribution is 8.00. The lowest BCUT2D eigenvalue weighted by molar-refractivity contribution is -0.121. The number of nitriles is 1. The molecule has 2 aromatic rings. The number of thioether (sulfide) groups is 1. The van der Waals surface area contributed by atoms with Crippen molar-refractivity contribution in [3.63, 3.8) is 0 Å². The van der Waals surface area contributed by atoms with Gasteiger partial charge in [0.15, 0.2) is 0 Å². The molecule has 1 aromatic carbocycles. The average Bonchev–Trinajstić information content (AvgIpc) is 3.16. The number of benzene rings is 1. The summed E-state index contributed by atoms with van der Waals surface area (Å²) < 4.78 is 1.64. The maximum Gasteiger partial charge on any atom is 0.234 e. The van der Waals surface area contributed by atoms with E-state index in [2.05, 4.69) is 52.9 Å². The number of rotatable bonds is 6.